The fourth-order valence-electron chi connectivity index (χ4n) is 3.56. The molecule has 1 aromatic rings. The molecule has 2 N–H and O–H groups in total. The zero-order valence-electron chi connectivity index (χ0n) is 13.4. The summed E-state index contributed by atoms with van der Waals surface area (Å²) in [5.74, 6) is -3.24. The molecule has 24 heavy (non-hydrogen) atoms. The number of rotatable bonds is 5. The third kappa shape index (κ3) is 2.96. The quantitative estimate of drug-likeness (QED) is 0.630. The minimum atomic E-state index is -0.947. The minimum Gasteiger partial charge on any atom is -0.481 e. The highest BCUT2D eigenvalue weighted by molar-refractivity contribution is 7.14. The van der Waals surface area contributed by atoms with Crippen LogP contribution in [0.1, 0.15) is 30.6 Å². The largest absolute Gasteiger partial charge is 0.481 e. The Morgan fingerprint density at radius 3 is 2.54 bits per heavy atom. The van der Waals surface area contributed by atoms with E-state index in [0.29, 0.717) is 17.0 Å². The van der Waals surface area contributed by atoms with Crippen molar-refractivity contribution in [1.29, 1.82) is 0 Å². The standard InChI is InChI=1S/C17H19NO5S/c1-8(2)23-17(22)11-5-6-24-15(11)18-14(19)12-9-3-4-10(7-9)13(12)16(20)21/h3-6,8-10,12-13H,7H2,1-2H3,(H,18,19)(H,20,21). The van der Waals surface area contributed by atoms with Gasteiger partial charge in [0.25, 0.3) is 0 Å². The zero-order valence-corrected chi connectivity index (χ0v) is 14.2. The highest BCUT2D eigenvalue weighted by atomic mass is 32.1. The average molecular weight is 349 g/mol. The Balaban J connectivity index is 1.76. The van der Waals surface area contributed by atoms with Crippen LogP contribution in [0.2, 0.25) is 0 Å². The Morgan fingerprint density at radius 1 is 1.25 bits per heavy atom. The van der Waals surface area contributed by atoms with Gasteiger partial charge in [-0.05, 0) is 43.6 Å². The van der Waals surface area contributed by atoms with Crippen molar-refractivity contribution >= 4 is 34.2 Å². The number of nitrogens with one attached hydrogen (secondary N) is 1. The number of thiophene rings is 1. The lowest BCUT2D eigenvalue weighted by Gasteiger charge is -2.23. The van der Waals surface area contributed by atoms with Gasteiger partial charge in [0.1, 0.15) is 5.00 Å². The van der Waals surface area contributed by atoms with Gasteiger partial charge in [0.05, 0.1) is 23.5 Å². The van der Waals surface area contributed by atoms with Gasteiger partial charge in [0.2, 0.25) is 5.91 Å². The third-order valence-electron chi connectivity index (χ3n) is 4.51. The molecule has 6 nitrogen and oxygen atoms in total. The van der Waals surface area contributed by atoms with Crippen molar-refractivity contribution < 1.29 is 24.2 Å². The number of aliphatic carboxylic acids is 1. The summed E-state index contributed by atoms with van der Waals surface area (Å²) in [6.45, 7) is 3.50. The number of carbonyl (C=O) groups excluding carboxylic acids is 2. The summed E-state index contributed by atoms with van der Waals surface area (Å²) in [4.78, 5) is 36.2. The second-order valence-electron chi connectivity index (χ2n) is 6.44. The van der Waals surface area contributed by atoms with E-state index in [1.807, 2.05) is 12.2 Å². The van der Waals surface area contributed by atoms with Crippen LogP contribution < -0.4 is 5.32 Å². The normalized spacial score (nSPS) is 27.5. The number of anilines is 1. The monoisotopic (exact) mass is 349 g/mol. The van der Waals surface area contributed by atoms with Crippen LogP contribution in [0.5, 0.6) is 0 Å². The van der Waals surface area contributed by atoms with E-state index in [-0.39, 0.29) is 23.8 Å². The SMILES string of the molecule is CC(C)OC(=O)c1ccsc1NC(=O)C1C2C=CC(C2)C1C(=O)O. The Morgan fingerprint density at radius 2 is 1.92 bits per heavy atom. The zero-order chi connectivity index (χ0) is 17.4. The van der Waals surface area contributed by atoms with E-state index < -0.39 is 23.8 Å². The van der Waals surface area contributed by atoms with Crippen molar-refractivity contribution in [2.45, 2.75) is 26.4 Å². The van der Waals surface area contributed by atoms with Gasteiger partial charge in [-0.2, -0.15) is 0 Å². The number of carboxylic acid groups (broad SMARTS) is 1. The van der Waals surface area contributed by atoms with Crippen molar-refractivity contribution in [2.75, 3.05) is 5.32 Å². The Labute approximate surface area is 143 Å². The number of fused-ring (bicyclic) bond motifs is 2. The maximum Gasteiger partial charge on any atom is 0.341 e. The summed E-state index contributed by atoms with van der Waals surface area (Å²) in [5, 5.41) is 14.3. The first kappa shape index (κ1) is 16.7. The molecule has 0 aliphatic heterocycles. The van der Waals surface area contributed by atoms with E-state index in [9.17, 15) is 19.5 Å². The molecule has 4 atom stereocenters. The molecule has 1 aromatic heterocycles. The highest BCUT2D eigenvalue weighted by Crippen LogP contribution is 2.48. The second-order valence-corrected chi connectivity index (χ2v) is 7.36. The van der Waals surface area contributed by atoms with Crippen LogP contribution in [0.4, 0.5) is 5.00 Å². The van der Waals surface area contributed by atoms with Gasteiger partial charge >= 0.3 is 11.9 Å². The topological polar surface area (TPSA) is 92.7 Å². The summed E-state index contributed by atoms with van der Waals surface area (Å²) >= 11 is 1.22. The van der Waals surface area contributed by atoms with E-state index in [0.717, 1.165) is 0 Å². The van der Waals surface area contributed by atoms with Crippen LogP contribution in [0, 0.1) is 23.7 Å². The molecule has 0 aromatic carbocycles. The van der Waals surface area contributed by atoms with E-state index in [4.69, 9.17) is 4.74 Å². The number of allylic oxidation sites excluding steroid dienone is 2. The van der Waals surface area contributed by atoms with Crippen molar-refractivity contribution in [1.82, 2.24) is 0 Å². The summed E-state index contributed by atoms with van der Waals surface area (Å²) in [6.07, 6.45) is 4.26. The van der Waals surface area contributed by atoms with E-state index in [2.05, 4.69) is 5.32 Å². The molecule has 1 fully saturated rings. The van der Waals surface area contributed by atoms with E-state index >= 15 is 0 Å². The van der Waals surface area contributed by atoms with Crippen LogP contribution in [0.3, 0.4) is 0 Å². The molecule has 1 heterocycles. The fourth-order valence-corrected chi connectivity index (χ4v) is 4.33. The molecular formula is C17H19NO5S. The van der Waals surface area contributed by atoms with Crippen molar-refractivity contribution in [2.24, 2.45) is 23.7 Å². The van der Waals surface area contributed by atoms with Gasteiger partial charge < -0.3 is 15.2 Å². The smallest absolute Gasteiger partial charge is 0.341 e. The van der Waals surface area contributed by atoms with Crippen LogP contribution in [0.15, 0.2) is 23.6 Å². The van der Waals surface area contributed by atoms with Crippen LogP contribution in [0.25, 0.3) is 0 Å². The second kappa shape index (κ2) is 6.39. The van der Waals surface area contributed by atoms with Gasteiger partial charge in [-0.25, -0.2) is 4.79 Å². The number of esters is 1. The molecule has 2 aliphatic rings. The number of amides is 1. The lowest BCUT2D eigenvalue weighted by atomic mass is 9.82. The summed E-state index contributed by atoms with van der Waals surface area (Å²) in [6, 6.07) is 1.60. The molecule has 128 valence electrons. The molecule has 7 heteroatoms. The molecule has 1 saturated carbocycles. The first-order chi connectivity index (χ1) is 11.4. The number of hydrogen-bond acceptors (Lipinski definition) is 5. The first-order valence-electron chi connectivity index (χ1n) is 7.89. The van der Waals surface area contributed by atoms with E-state index in [1.54, 1.807) is 25.3 Å². The fraction of sp³-hybridized carbons (Fsp3) is 0.471. The Bertz CT molecular complexity index is 708. The molecule has 1 amide bonds. The molecule has 0 saturated heterocycles. The van der Waals surface area contributed by atoms with Crippen molar-refractivity contribution in [3.05, 3.63) is 29.2 Å². The molecule has 0 radical (unpaired) electrons. The van der Waals surface area contributed by atoms with Crippen LogP contribution >= 0.6 is 11.3 Å². The number of carboxylic acids is 1. The average Bonchev–Trinajstić information content (AvgIpc) is 3.20. The molecule has 2 aliphatic carbocycles. The van der Waals surface area contributed by atoms with Gasteiger partial charge in [-0.15, -0.1) is 11.3 Å². The summed E-state index contributed by atoms with van der Waals surface area (Å²) in [5.41, 5.74) is 0.299. The molecule has 4 unspecified atom stereocenters. The Kier molecular flexibility index (Phi) is 4.45. The molecule has 3 rings (SSSR count). The lowest BCUT2D eigenvalue weighted by Crippen LogP contribution is -2.36. The van der Waals surface area contributed by atoms with Crippen LogP contribution in [-0.4, -0.2) is 29.1 Å². The predicted molar refractivity (Wildman–Crippen MR) is 88.9 cm³/mol. The van der Waals surface area contributed by atoms with Gasteiger partial charge in [-0.1, -0.05) is 12.2 Å². The first-order valence-corrected chi connectivity index (χ1v) is 8.77. The summed E-state index contributed by atoms with van der Waals surface area (Å²) in [7, 11) is 0. The number of carbonyl (C=O) groups is 3. The van der Waals surface area contributed by atoms with Gasteiger partial charge in [0.15, 0.2) is 0 Å². The summed E-state index contributed by atoms with van der Waals surface area (Å²) < 4.78 is 5.16. The van der Waals surface area contributed by atoms with Crippen molar-refractivity contribution in [3.8, 4) is 0 Å². The van der Waals surface area contributed by atoms with E-state index in [1.165, 1.54) is 11.3 Å². The number of ether oxygens (including phenoxy) is 1. The predicted octanol–water partition coefficient (Wildman–Crippen LogP) is 2.77. The van der Waals surface area contributed by atoms with Crippen molar-refractivity contribution in [3.63, 3.8) is 0 Å². The van der Waals surface area contributed by atoms with Crippen LogP contribution in [-0.2, 0) is 14.3 Å². The number of hydrogen-bond donors (Lipinski definition) is 2. The lowest BCUT2D eigenvalue weighted by molar-refractivity contribution is -0.146. The Hall–Kier alpha value is -2.15. The molecule has 2 bridgehead atoms. The maximum absolute atomic E-state index is 12.7. The van der Waals surface area contributed by atoms with Gasteiger partial charge in [-0.3, -0.25) is 9.59 Å². The van der Waals surface area contributed by atoms with Gasteiger partial charge in [0, 0.05) is 0 Å². The molecular weight excluding hydrogens is 330 g/mol. The molecule has 0 spiro atoms. The third-order valence-corrected chi connectivity index (χ3v) is 5.34. The minimum absolute atomic E-state index is 0.0536. The highest BCUT2D eigenvalue weighted by Gasteiger charge is 2.51. The maximum atomic E-state index is 12.7.